The van der Waals surface area contributed by atoms with Gasteiger partial charge in [0.1, 0.15) is 0 Å². The predicted molar refractivity (Wildman–Crippen MR) is 60.1 cm³/mol. The molecule has 0 aromatic rings. The molecule has 16 heavy (non-hydrogen) atoms. The molecule has 92 valence electrons. The Hall–Kier alpha value is -1.26. The van der Waals surface area contributed by atoms with Crippen LogP contribution < -0.4 is 5.32 Å². The molecule has 5 nitrogen and oxygen atoms in total. The Morgan fingerprint density at radius 1 is 1.50 bits per heavy atom. The summed E-state index contributed by atoms with van der Waals surface area (Å²) in [5, 5.41) is 2.86. The number of hydrogen-bond donors (Lipinski definition) is 1. The van der Waals surface area contributed by atoms with E-state index < -0.39 is 0 Å². The van der Waals surface area contributed by atoms with E-state index >= 15 is 0 Å². The van der Waals surface area contributed by atoms with Crippen LogP contribution in [0.25, 0.3) is 0 Å². The normalized spacial score (nSPS) is 16.9. The number of nitrogens with one attached hydrogen (secondary N) is 1. The van der Waals surface area contributed by atoms with E-state index in [0.717, 1.165) is 6.42 Å². The van der Waals surface area contributed by atoms with Crippen LogP contribution in [0.15, 0.2) is 0 Å². The second-order valence-corrected chi connectivity index (χ2v) is 5.00. The highest BCUT2D eigenvalue weighted by Gasteiger charge is 2.21. The monoisotopic (exact) mass is 228 g/mol. The quantitative estimate of drug-likeness (QED) is 0.788. The third-order valence-electron chi connectivity index (χ3n) is 2.18. The lowest BCUT2D eigenvalue weighted by Crippen LogP contribution is -2.44. The number of rotatable bonds is 3. The number of carbonyl (C=O) groups is 2. The van der Waals surface area contributed by atoms with Crippen molar-refractivity contribution >= 4 is 12.0 Å². The number of cyclic esters (lactones) is 1. The zero-order chi connectivity index (χ0) is 12.2. The highest BCUT2D eigenvalue weighted by Crippen LogP contribution is 2.06. The summed E-state index contributed by atoms with van der Waals surface area (Å²) >= 11 is 0. The van der Waals surface area contributed by atoms with E-state index in [9.17, 15) is 9.59 Å². The molecule has 0 bridgehead atoms. The standard InChI is InChI=1S/C11H20N2O3/c1-11(2,3)12-9(14)5-7-13-6-4-8-16-10(13)15/h4-8H2,1-3H3,(H,12,14). The van der Waals surface area contributed by atoms with Crippen molar-refractivity contribution in [2.45, 2.75) is 39.2 Å². The minimum atomic E-state index is -0.310. The summed E-state index contributed by atoms with van der Waals surface area (Å²) in [7, 11) is 0. The molecule has 1 fully saturated rings. The third kappa shape index (κ3) is 4.51. The van der Waals surface area contributed by atoms with Crippen LogP contribution in [-0.2, 0) is 9.53 Å². The maximum atomic E-state index is 11.5. The molecule has 0 aromatic heterocycles. The summed E-state index contributed by atoms with van der Waals surface area (Å²) in [5.41, 5.74) is -0.223. The van der Waals surface area contributed by atoms with Crippen molar-refractivity contribution in [2.24, 2.45) is 0 Å². The zero-order valence-corrected chi connectivity index (χ0v) is 10.2. The van der Waals surface area contributed by atoms with Crippen LogP contribution >= 0.6 is 0 Å². The maximum Gasteiger partial charge on any atom is 0.409 e. The smallest absolute Gasteiger partial charge is 0.409 e. The van der Waals surface area contributed by atoms with Gasteiger partial charge in [0.15, 0.2) is 0 Å². The highest BCUT2D eigenvalue weighted by atomic mass is 16.6. The average Bonchev–Trinajstić information content (AvgIpc) is 2.14. The summed E-state index contributed by atoms with van der Waals surface area (Å²) in [6.45, 7) is 7.39. The van der Waals surface area contributed by atoms with E-state index in [1.54, 1.807) is 4.90 Å². The van der Waals surface area contributed by atoms with Crippen molar-refractivity contribution in [1.82, 2.24) is 10.2 Å². The molecule has 1 aliphatic heterocycles. The summed E-state index contributed by atoms with van der Waals surface area (Å²) in [6, 6.07) is 0. The van der Waals surface area contributed by atoms with Crippen molar-refractivity contribution in [1.29, 1.82) is 0 Å². The molecule has 0 radical (unpaired) electrons. The SMILES string of the molecule is CC(C)(C)NC(=O)CCN1CCCOC1=O. The van der Waals surface area contributed by atoms with E-state index in [0.29, 0.717) is 26.1 Å². The van der Waals surface area contributed by atoms with Crippen LogP contribution in [0.3, 0.4) is 0 Å². The van der Waals surface area contributed by atoms with Crippen LogP contribution in [0, 0.1) is 0 Å². The van der Waals surface area contributed by atoms with Gasteiger partial charge in [-0.2, -0.15) is 0 Å². The molecule has 0 unspecified atom stereocenters. The van der Waals surface area contributed by atoms with Gasteiger partial charge in [-0.05, 0) is 27.2 Å². The number of carbonyl (C=O) groups excluding carboxylic acids is 2. The Labute approximate surface area is 96.1 Å². The largest absolute Gasteiger partial charge is 0.449 e. The van der Waals surface area contributed by atoms with E-state index in [1.807, 2.05) is 20.8 Å². The lowest BCUT2D eigenvalue weighted by Gasteiger charge is -2.27. The molecule has 5 heteroatoms. The first-order valence-corrected chi connectivity index (χ1v) is 5.61. The van der Waals surface area contributed by atoms with Crippen LogP contribution in [0.1, 0.15) is 33.6 Å². The van der Waals surface area contributed by atoms with Gasteiger partial charge < -0.3 is 15.0 Å². The molecule has 0 aromatic carbocycles. The molecule has 2 amide bonds. The molecule has 1 aliphatic rings. The number of nitrogens with zero attached hydrogens (tertiary/aromatic N) is 1. The molecule has 1 rings (SSSR count). The van der Waals surface area contributed by atoms with E-state index in [2.05, 4.69) is 5.32 Å². The Balaban J connectivity index is 2.28. The first-order chi connectivity index (χ1) is 7.38. The molecule has 1 saturated heterocycles. The van der Waals surface area contributed by atoms with Gasteiger partial charge in [-0.15, -0.1) is 0 Å². The second-order valence-electron chi connectivity index (χ2n) is 5.00. The molecular weight excluding hydrogens is 208 g/mol. The minimum absolute atomic E-state index is 0.0362. The lowest BCUT2D eigenvalue weighted by atomic mass is 10.1. The number of ether oxygens (including phenoxy) is 1. The maximum absolute atomic E-state index is 11.5. The van der Waals surface area contributed by atoms with Gasteiger partial charge in [0.25, 0.3) is 0 Å². The Morgan fingerprint density at radius 2 is 2.19 bits per heavy atom. The minimum Gasteiger partial charge on any atom is -0.449 e. The van der Waals surface area contributed by atoms with Crippen LogP contribution in [0.5, 0.6) is 0 Å². The first kappa shape index (κ1) is 12.8. The Kier molecular flexibility index (Phi) is 4.15. The number of hydrogen-bond acceptors (Lipinski definition) is 3. The van der Waals surface area contributed by atoms with E-state index in [4.69, 9.17) is 4.74 Å². The lowest BCUT2D eigenvalue weighted by molar-refractivity contribution is -0.122. The molecular formula is C11H20N2O3. The summed E-state index contributed by atoms with van der Waals surface area (Å²) in [6.07, 6.45) is 0.855. The Bertz CT molecular complexity index is 271. The van der Waals surface area contributed by atoms with Gasteiger partial charge in [0.05, 0.1) is 6.61 Å². The van der Waals surface area contributed by atoms with E-state index in [1.165, 1.54) is 0 Å². The van der Waals surface area contributed by atoms with Crippen molar-refractivity contribution in [3.05, 3.63) is 0 Å². The summed E-state index contributed by atoms with van der Waals surface area (Å²) in [5.74, 6) is -0.0362. The molecule has 1 heterocycles. The fourth-order valence-electron chi connectivity index (χ4n) is 1.52. The van der Waals surface area contributed by atoms with Gasteiger partial charge in [-0.25, -0.2) is 4.79 Å². The van der Waals surface area contributed by atoms with Crippen molar-refractivity contribution in [3.63, 3.8) is 0 Å². The highest BCUT2D eigenvalue weighted by molar-refractivity contribution is 5.77. The van der Waals surface area contributed by atoms with Crippen LogP contribution in [0.4, 0.5) is 4.79 Å². The molecule has 1 N–H and O–H groups in total. The van der Waals surface area contributed by atoms with Crippen molar-refractivity contribution in [3.8, 4) is 0 Å². The average molecular weight is 228 g/mol. The predicted octanol–water partition coefficient (Wildman–Crippen LogP) is 1.13. The molecule has 0 spiro atoms. The van der Waals surface area contributed by atoms with Gasteiger partial charge in [0.2, 0.25) is 5.91 Å². The van der Waals surface area contributed by atoms with Gasteiger partial charge in [-0.3, -0.25) is 4.79 Å². The molecule has 0 atom stereocenters. The zero-order valence-electron chi connectivity index (χ0n) is 10.2. The molecule has 0 aliphatic carbocycles. The van der Waals surface area contributed by atoms with Crippen LogP contribution in [-0.4, -0.2) is 42.1 Å². The fourth-order valence-corrected chi connectivity index (χ4v) is 1.52. The summed E-state index contributed by atoms with van der Waals surface area (Å²) < 4.78 is 4.88. The first-order valence-electron chi connectivity index (χ1n) is 5.61. The number of amides is 2. The molecule has 0 saturated carbocycles. The van der Waals surface area contributed by atoms with Crippen LogP contribution in [0.2, 0.25) is 0 Å². The Morgan fingerprint density at radius 3 is 2.75 bits per heavy atom. The van der Waals surface area contributed by atoms with E-state index in [-0.39, 0.29) is 17.5 Å². The second kappa shape index (κ2) is 5.18. The fraction of sp³-hybridized carbons (Fsp3) is 0.818. The van der Waals surface area contributed by atoms with Gasteiger partial charge in [0, 0.05) is 25.0 Å². The van der Waals surface area contributed by atoms with Crippen molar-refractivity contribution < 1.29 is 14.3 Å². The summed E-state index contributed by atoms with van der Waals surface area (Å²) in [4.78, 5) is 24.4. The van der Waals surface area contributed by atoms with Crippen molar-refractivity contribution in [2.75, 3.05) is 19.7 Å². The third-order valence-corrected chi connectivity index (χ3v) is 2.18. The van der Waals surface area contributed by atoms with Gasteiger partial charge >= 0.3 is 6.09 Å². The topological polar surface area (TPSA) is 58.6 Å². The van der Waals surface area contributed by atoms with Gasteiger partial charge in [-0.1, -0.05) is 0 Å².